The van der Waals surface area contributed by atoms with E-state index >= 15 is 0 Å². The molecule has 0 fully saturated rings. The third kappa shape index (κ3) is 5.30. The summed E-state index contributed by atoms with van der Waals surface area (Å²) in [5.74, 6) is 1.58. The molecule has 1 N–H and O–H groups in total. The molecule has 6 nitrogen and oxygen atoms in total. The molecule has 4 rings (SSSR count). The quantitative estimate of drug-likeness (QED) is 0.556. The first-order chi connectivity index (χ1) is 14.7. The molecule has 0 spiro atoms. The fourth-order valence-electron chi connectivity index (χ4n) is 3.37. The van der Waals surface area contributed by atoms with Crippen LogP contribution in [0.5, 0.6) is 11.5 Å². The van der Waals surface area contributed by atoms with Crippen LogP contribution in [-0.4, -0.2) is 32.9 Å². The minimum Gasteiger partial charge on any atom is -0.454 e. The highest BCUT2D eigenvalue weighted by atomic mass is 32.1. The van der Waals surface area contributed by atoms with Crippen molar-refractivity contribution in [2.75, 3.05) is 13.3 Å². The van der Waals surface area contributed by atoms with Crippen LogP contribution in [-0.2, 0) is 19.6 Å². The summed E-state index contributed by atoms with van der Waals surface area (Å²) in [7, 11) is 0. The van der Waals surface area contributed by atoms with Crippen LogP contribution in [0.25, 0.3) is 0 Å². The summed E-state index contributed by atoms with van der Waals surface area (Å²) in [6.45, 7) is 5.57. The van der Waals surface area contributed by atoms with Gasteiger partial charge in [0.1, 0.15) is 0 Å². The third-order valence-electron chi connectivity index (χ3n) is 5.07. The van der Waals surface area contributed by atoms with Gasteiger partial charge in [-0.2, -0.15) is 0 Å². The van der Waals surface area contributed by atoms with Gasteiger partial charge < -0.3 is 24.3 Å². The summed E-state index contributed by atoms with van der Waals surface area (Å²) in [6, 6.07) is 14.6. The Labute approximate surface area is 182 Å². The second kappa shape index (κ2) is 9.63. The Morgan fingerprint density at radius 2 is 1.93 bits per heavy atom. The van der Waals surface area contributed by atoms with Crippen molar-refractivity contribution in [2.45, 2.75) is 33.0 Å². The molecule has 0 saturated carbocycles. The van der Waals surface area contributed by atoms with Crippen LogP contribution in [0.15, 0.2) is 61.2 Å². The molecule has 7 heteroatoms. The minimum absolute atomic E-state index is 0.284. The topological polar surface area (TPSA) is 51.6 Å². The second-order valence-corrected chi connectivity index (χ2v) is 7.79. The van der Waals surface area contributed by atoms with Gasteiger partial charge in [0.2, 0.25) is 6.79 Å². The van der Waals surface area contributed by atoms with Crippen LogP contribution >= 0.6 is 12.2 Å². The highest BCUT2D eigenvalue weighted by molar-refractivity contribution is 7.80. The summed E-state index contributed by atoms with van der Waals surface area (Å²) in [5.41, 5.74) is 3.61. The van der Waals surface area contributed by atoms with Gasteiger partial charge in [-0.05, 0) is 48.8 Å². The van der Waals surface area contributed by atoms with E-state index in [4.69, 9.17) is 21.7 Å². The molecule has 0 amide bonds. The molecule has 0 saturated heterocycles. The van der Waals surface area contributed by atoms with Gasteiger partial charge >= 0.3 is 0 Å². The number of aromatic nitrogens is 2. The molecule has 0 bridgehead atoms. The predicted octanol–water partition coefficient (Wildman–Crippen LogP) is 3.89. The van der Waals surface area contributed by atoms with Gasteiger partial charge in [0.05, 0.1) is 6.33 Å². The first-order valence-electron chi connectivity index (χ1n) is 10.1. The number of benzene rings is 2. The number of thiocarbonyl (C=S) groups is 1. The largest absolute Gasteiger partial charge is 0.454 e. The molecule has 2 heterocycles. The van der Waals surface area contributed by atoms with Crippen molar-refractivity contribution in [3.8, 4) is 11.5 Å². The lowest BCUT2D eigenvalue weighted by molar-refractivity contribution is 0.174. The number of imidazole rings is 1. The smallest absolute Gasteiger partial charge is 0.231 e. The molecule has 3 aromatic rings. The van der Waals surface area contributed by atoms with Gasteiger partial charge in [-0.15, -0.1) is 0 Å². The molecular weight excluding hydrogens is 396 g/mol. The van der Waals surface area contributed by atoms with E-state index in [1.54, 1.807) is 0 Å². The van der Waals surface area contributed by atoms with Crippen molar-refractivity contribution in [3.63, 3.8) is 0 Å². The fraction of sp³-hybridized carbons (Fsp3) is 0.304. The molecule has 0 atom stereocenters. The molecule has 0 aliphatic carbocycles. The molecule has 30 heavy (non-hydrogen) atoms. The Bertz CT molecular complexity index is 973. The van der Waals surface area contributed by atoms with Crippen molar-refractivity contribution in [2.24, 2.45) is 0 Å². The summed E-state index contributed by atoms with van der Waals surface area (Å²) in [6.07, 6.45) is 6.62. The molecule has 1 aliphatic heterocycles. The van der Waals surface area contributed by atoms with E-state index in [9.17, 15) is 0 Å². The van der Waals surface area contributed by atoms with Gasteiger partial charge in [-0.25, -0.2) is 4.98 Å². The lowest BCUT2D eigenvalue weighted by Crippen LogP contribution is -2.39. The SMILES string of the molecule is Cc1ccc(CN(CCCn2ccnc2)C(=S)NCc2ccc3c(c2)OCO3)cc1. The Hall–Kier alpha value is -3.06. The summed E-state index contributed by atoms with van der Waals surface area (Å²) in [4.78, 5) is 6.34. The van der Waals surface area contributed by atoms with E-state index in [0.29, 0.717) is 6.54 Å². The molecule has 1 aliphatic rings. The maximum Gasteiger partial charge on any atom is 0.231 e. The van der Waals surface area contributed by atoms with Gasteiger partial charge in [-0.1, -0.05) is 35.9 Å². The normalized spacial score (nSPS) is 12.0. The third-order valence-corrected chi connectivity index (χ3v) is 5.47. The summed E-state index contributed by atoms with van der Waals surface area (Å²) >= 11 is 5.75. The van der Waals surface area contributed by atoms with E-state index in [1.807, 2.05) is 36.9 Å². The van der Waals surface area contributed by atoms with E-state index in [-0.39, 0.29) is 6.79 Å². The van der Waals surface area contributed by atoms with Gasteiger partial charge in [0, 0.05) is 38.6 Å². The average Bonchev–Trinajstić information content (AvgIpc) is 3.44. The summed E-state index contributed by atoms with van der Waals surface area (Å²) < 4.78 is 12.9. The highest BCUT2D eigenvalue weighted by Crippen LogP contribution is 2.32. The fourth-order valence-corrected chi connectivity index (χ4v) is 3.60. The zero-order valence-electron chi connectivity index (χ0n) is 17.1. The van der Waals surface area contributed by atoms with Crippen LogP contribution in [0.3, 0.4) is 0 Å². The van der Waals surface area contributed by atoms with E-state index in [1.165, 1.54) is 11.1 Å². The molecule has 1 aromatic heterocycles. The van der Waals surface area contributed by atoms with Gasteiger partial charge in [0.15, 0.2) is 16.6 Å². The zero-order chi connectivity index (χ0) is 20.8. The number of nitrogens with zero attached hydrogens (tertiary/aromatic N) is 3. The van der Waals surface area contributed by atoms with E-state index in [0.717, 1.165) is 48.2 Å². The van der Waals surface area contributed by atoms with Crippen molar-refractivity contribution in [3.05, 3.63) is 77.9 Å². The Morgan fingerprint density at radius 3 is 2.73 bits per heavy atom. The standard InChI is InChI=1S/C23H26N4O2S/c1-18-3-5-19(6-4-18)15-27(11-2-10-26-12-9-24-16-26)23(30)25-14-20-7-8-21-22(13-20)29-17-28-21/h3-9,12-13,16H,2,10-11,14-15,17H2,1H3,(H,25,30). The van der Waals surface area contributed by atoms with Crippen LogP contribution in [0, 0.1) is 6.92 Å². The lowest BCUT2D eigenvalue weighted by atomic mass is 10.1. The monoisotopic (exact) mass is 422 g/mol. The first-order valence-corrected chi connectivity index (χ1v) is 10.5. The number of hydrogen-bond acceptors (Lipinski definition) is 4. The van der Waals surface area contributed by atoms with Crippen LogP contribution in [0.2, 0.25) is 0 Å². The zero-order valence-corrected chi connectivity index (χ0v) is 17.9. The van der Waals surface area contributed by atoms with Crippen LogP contribution < -0.4 is 14.8 Å². The van der Waals surface area contributed by atoms with Crippen LogP contribution in [0.1, 0.15) is 23.1 Å². The van der Waals surface area contributed by atoms with Crippen molar-refractivity contribution in [1.82, 2.24) is 19.8 Å². The Balaban J connectivity index is 1.37. The molecule has 0 unspecified atom stereocenters. The number of fused-ring (bicyclic) bond motifs is 1. The second-order valence-electron chi connectivity index (χ2n) is 7.41. The van der Waals surface area contributed by atoms with E-state index < -0.39 is 0 Å². The Kier molecular flexibility index (Phi) is 6.49. The maximum absolute atomic E-state index is 5.75. The highest BCUT2D eigenvalue weighted by Gasteiger charge is 2.14. The maximum atomic E-state index is 5.75. The molecular formula is C23H26N4O2S. The predicted molar refractivity (Wildman–Crippen MR) is 120 cm³/mol. The number of hydrogen-bond donors (Lipinski definition) is 1. The Morgan fingerprint density at radius 1 is 1.13 bits per heavy atom. The molecule has 156 valence electrons. The van der Waals surface area contributed by atoms with Crippen LogP contribution in [0.4, 0.5) is 0 Å². The van der Waals surface area contributed by atoms with Crippen molar-refractivity contribution in [1.29, 1.82) is 0 Å². The van der Waals surface area contributed by atoms with E-state index in [2.05, 4.69) is 51.0 Å². The average molecular weight is 423 g/mol. The number of rotatable bonds is 8. The van der Waals surface area contributed by atoms with Crippen molar-refractivity contribution >= 4 is 17.3 Å². The lowest BCUT2D eigenvalue weighted by Gasteiger charge is -2.26. The number of nitrogens with one attached hydrogen (secondary N) is 1. The van der Waals surface area contributed by atoms with Gasteiger partial charge in [-0.3, -0.25) is 0 Å². The number of ether oxygens (including phenoxy) is 2. The molecule has 0 radical (unpaired) electrons. The molecule has 2 aromatic carbocycles. The summed E-state index contributed by atoms with van der Waals surface area (Å²) in [5, 5.41) is 4.16. The first kappa shape index (κ1) is 20.2. The number of aryl methyl sites for hydroxylation is 2. The van der Waals surface area contributed by atoms with Crippen molar-refractivity contribution < 1.29 is 9.47 Å². The minimum atomic E-state index is 0.284. The van der Waals surface area contributed by atoms with Gasteiger partial charge in [0.25, 0.3) is 0 Å².